The van der Waals surface area contributed by atoms with Gasteiger partial charge in [0.25, 0.3) is 0 Å². The fourth-order valence-corrected chi connectivity index (χ4v) is 1.83. The van der Waals surface area contributed by atoms with E-state index in [0.29, 0.717) is 19.4 Å². The van der Waals surface area contributed by atoms with Crippen LogP contribution < -0.4 is 0 Å². The van der Waals surface area contributed by atoms with Crippen molar-refractivity contribution in [3.05, 3.63) is 0 Å². The zero-order chi connectivity index (χ0) is 13.8. The van der Waals surface area contributed by atoms with Gasteiger partial charge in [-0.3, -0.25) is 4.79 Å². The summed E-state index contributed by atoms with van der Waals surface area (Å²) >= 11 is 0. The van der Waals surface area contributed by atoms with Crippen molar-refractivity contribution in [2.45, 2.75) is 52.2 Å². The van der Waals surface area contributed by atoms with Crippen LogP contribution in [0.1, 0.15) is 40.5 Å². The van der Waals surface area contributed by atoms with Crippen molar-refractivity contribution in [2.24, 2.45) is 5.92 Å². The third-order valence-electron chi connectivity index (χ3n) is 2.57. The minimum atomic E-state index is -0.559. The normalized spacial score (nSPS) is 24.4. The number of carbonyl (C=O) groups is 2. The summed E-state index contributed by atoms with van der Waals surface area (Å²) in [4.78, 5) is 23.1. The van der Waals surface area contributed by atoms with E-state index in [1.54, 1.807) is 20.8 Å². The van der Waals surface area contributed by atoms with Gasteiger partial charge in [0.2, 0.25) is 0 Å². The van der Waals surface area contributed by atoms with Crippen LogP contribution in [0, 0.1) is 5.92 Å². The molecular formula is C13H22O5. The van der Waals surface area contributed by atoms with E-state index in [9.17, 15) is 9.59 Å². The van der Waals surface area contributed by atoms with Crippen molar-refractivity contribution < 1.29 is 23.8 Å². The molecule has 0 saturated carbocycles. The smallest absolute Gasteiger partial charge is 0.344 e. The Kier molecular flexibility index (Phi) is 5.14. The van der Waals surface area contributed by atoms with E-state index >= 15 is 0 Å². The van der Waals surface area contributed by atoms with Crippen LogP contribution in [0.25, 0.3) is 0 Å². The van der Waals surface area contributed by atoms with Crippen molar-refractivity contribution >= 4 is 11.9 Å². The van der Waals surface area contributed by atoms with E-state index in [1.807, 2.05) is 6.92 Å². The van der Waals surface area contributed by atoms with Crippen LogP contribution >= 0.6 is 0 Å². The molecule has 0 aromatic heterocycles. The number of rotatable bonds is 3. The first-order valence-corrected chi connectivity index (χ1v) is 6.28. The minimum absolute atomic E-state index is 0.0674. The lowest BCUT2D eigenvalue weighted by Gasteiger charge is -2.25. The number of ether oxygens (including phenoxy) is 3. The molecule has 5 nitrogen and oxygen atoms in total. The monoisotopic (exact) mass is 258 g/mol. The first kappa shape index (κ1) is 15.0. The Morgan fingerprint density at radius 3 is 2.56 bits per heavy atom. The van der Waals surface area contributed by atoms with Gasteiger partial charge >= 0.3 is 11.9 Å². The van der Waals surface area contributed by atoms with Crippen molar-refractivity contribution in [1.82, 2.24) is 0 Å². The molecule has 1 aliphatic rings. The van der Waals surface area contributed by atoms with Crippen LogP contribution in [0.4, 0.5) is 0 Å². The second-order valence-corrected chi connectivity index (χ2v) is 5.60. The van der Waals surface area contributed by atoms with Gasteiger partial charge < -0.3 is 14.2 Å². The number of esters is 2. The van der Waals surface area contributed by atoms with Gasteiger partial charge in [0.1, 0.15) is 5.60 Å². The first-order chi connectivity index (χ1) is 8.28. The highest BCUT2D eigenvalue weighted by Crippen LogP contribution is 2.21. The van der Waals surface area contributed by atoms with Crippen LogP contribution in [0.15, 0.2) is 0 Å². The van der Waals surface area contributed by atoms with Gasteiger partial charge in [0.05, 0.1) is 12.0 Å². The SMILES string of the molecule is CC1CC(C(=O)OCC(=O)OC(C)(C)C)CCO1. The maximum absolute atomic E-state index is 11.7. The third-order valence-corrected chi connectivity index (χ3v) is 2.57. The summed E-state index contributed by atoms with van der Waals surface area (Å²) in [5, 5.41) is 0. The maximum atomic E-state index is 11.7. The van der Waals surface area contributed by atoms with Crippen LogP contribution in [-0.4, -0.2) is 36.9 Å². The molecule has 1 heterocycles. The Morgan fingerprint density at radius 1 is 1.33 bits per heavy atom. The molecule has 0 aliphatic carbocycles. The maximum Gasteiger partial charge on any atom is 0.344 e. The van der Waals surface area contributed by atoms with E-state index in [-0.39, 0.29) is 24.6 Å². The molecule has 0 bridgehead atoms. The molecule has 2 unspecified atom stereocenters. The summed E-state index contributed by atoms with van der Waals surface area (Å²) in [6.45, 7) is 7.48. The molecule has 0 aromatic carbocycles. The lowest BCUT2D eigenvalue weighted by atomic mass is 9.96. The molecule has 0 spiro atoms. The van der Waals surface area contributed by atoms with Gasteiger partial charge in [0, 0.05) is 6.61 Å². The Labute approximate surface area is 108 Å². The zero-order valence-electron chi connectivity index (χ0n) is 11.5. The van der Waals surface area contributed by atoms with Crippen LogP contribution in [0.2, 0.25) is 0 Å². The topological polar surface area (TPSA) is 61.8 Å². The fraction of sp³-hybridized carbons (Fsp3) is 0.846. The van der Waals surface area contributed by atoms with E-state index in [0.717, 1.165) is 0 Å². The molecule has 5 heteroatoms. The summed E-state index contributed by atoms with van der Waals surface area (Å²) in [7, 11) is 0. The standard InChI is InChI=1S/C13H22O5/c1-9-7-10(5-6-16-9)12(15)17-8-11(14)18-13(2,3)4/h9-10H,5-8H2,1-4H3. The molecule has 1 aliphatic heterocycles. The van der Waals surface area contributed by atoms with E-state index < -0.39 is 11.6 Å². The molecule has 2 atom stereocenters. The Balaban J connectivity index is 2.30. The fourth-order valence-electron chi connectivity index (χ4n) is 1.83. The van der Waals surface area contributed by atoms with Crippen LogP contribution in [0.5, 0.6) is 0 Å². The lowest BCUT2D eigenvalue weighted by Crippen LogP contribution is -2.32. The predicted octanol–water partition coefficient (Wildman–Crippen LogP) is 1.69. The number of carbonyl (C=O) groups excluding carboxylic acids is 2. The predicted molar refractivity (Wildman–Crippen MR) is 64.9 cm³/mol. The second-order valence-electron chi connectivity index (χ2n) is 5.60. The zero-order valence-corrected chi connectivity index (χ0v) is 11.5. The van der Waals surface area contributed by atoms with Gasteiger partial charge in [-0.1, -0.05) is 0 Å². The third kappa shape index (κ3) is 5.49. The van der Waals surface area contributed by atoms with Gasteiger partial charge in [-0.05, 0) is 40.5 Å². The van der Waals surface area contributed by atoms with Gasteiger partial charge in [-0.15, -0.1) is 0 Å². The molecule has 0 aromatic rings. The van der Waals surface area contributed by atoms with Gasteiger partial charge in [0.15, 0.2) is 6.61 Å². The highest BCUT2D eigenvalue weighted by molar-refractivity contribution is 5.78. The lowest BCUT2D eigenvalue weighted by molar-refractivity contribution is -0.170. The Bertz CT molecular complexity index is 305. The Hall–Kier alpha value is -1.10. The van der Waals surface area contributed by atoms with E-state index in [4.69, 9.17) is 14.2 Å². The molecule has 18 heavy (non-hydrogen) atoms. The average molecular weight is 258 g/mol. The molecule has 1 rings (SSSR count). The van der Waals surface area contributed by atoms with Crippen molar-refractivity contribution in [3.8, 4) is 0 Å². The van der Waals surface area contributed by atoms with Crippen LogP contribution in [-0.2, 0) is 23.8 Å². The molecule has 104 valence electrons. The van der Waals surface area contributed by atoms with Crippen molar-refractivity contribution in [1.29, 1.82) is 0 Å². The molecule has 1 fully saturated rings. The molecule has 0 amide bonds. The van der Waals surface area contributed by atoms with E-state index in [1.165, 1.54) is 0 Å². The van der Waals surface area contributed by atoms with Crippen molar-refractivity contribution in [2.75, 3.05) is 13.2 Å². The summed E-state index contributed by atoms with van der Waals surface area (Å²) in [5.41, 5.74) is -0.559. The van der Waals surface area contributed by atoms with Crippen LogP contribution in [0.3, 0.4) is 0 Å². The Morgan fingerprint density at radius 2 is 2.00 bits per heavy atom. The molecule has 0 N–H and O–H groups in total. The number of hydrogen-bond acceptors (Lipinski definition) is 5. The molecule has 0 radical (unpaired) electrons. The summed E-state index contributed by atoms with van der Waals surface area (Å²) in [6.07, 6.45) is 1.36. The average Bonchev–Trinajstić information content (AvgIpc) is 2.23. The first-order valence-electron chi connectivity index (χ1n) is 6.28. The van der Waals surface area contributed by atoms with E-state index in [2.05, 4.69) is 0 Å². The summed E-state index contributed by atoms with van der Waals surface area (Å²) < 4.78 is 15.4. The largest absolute Gasteiger partial charge is 0.457 e. The second kappa shape index (κ2) is 6.18. The molecule has 1 saturated heterocycles. The van der Waals surface area contributed by atoms with Gasteiger partial charge in [-0.25, -0.2) is 4.79 Å². The minimum Gasteiger partial charge on any atom is -0.457 e. The van der Waals surface area contributed by atoms with Gasteiger partial charge in [-0.2, -0.15) is 0 Å². The highest BCUT2D eigenvalue weighted by atomic mass is 16.6. The molecular weight excluding hydrogens is 236 g/mol. The quantitative estimate of drug-likeness (QED) is 0.721. The van der Waals surface area contributed by atoms with Crippen molar-refractivity contribution in [3.63, 3.8) is 0 Å². The highest BCUT2D eigenvalue weighted by Gasteiger charge is 2.27. The number of hydrogen-bond donors (Lipinski definition) is 0. The summed E-state index contributed by atoms with van der Waals surface area (Å²) in [5.74, 6) is -1.02. The summed E-state index contributed by atoms with van der Waals surface area (Å²) in [6, 6.07) is 0.